The van der Waals surface area contributed by atoms with Gasteiger partial charge in [-0.3, -0.25) is 14.3 Å². The van der Waals surface area contributed by atoms with Crippen LogP contribution in [0.1, 0.15) is 63.5 Å². The molecule has 1 saturated carbocycles. The SMILES string of the molecule is CCS(=O)(=O)Nc1ccc(Oc2cccc(OCCOC3CCN(c4ccc(C(=O)NC5C(C)(C)C(Oc6ccc(C#N)c(Cl)c6)C5(C)C)nn4)CC3)c2)c(-c2cn(C)c(=O)c3[nH]ccc23)c1. The summed E-state index contributed by atoms with van der Waals surface area (Å²) in [6.07, 6.45) is 4.77. The number of fused-ring (bicyclic) bond motifs is 1. The number of amides is 1. The van der Waals surface area contributed by atoms with Crippen molar-refractivity contribution < 1.29 is 32.2 Å². The van der Waals surface area contributed by atoms with Crippen LogP contribution in [0.25, 0.3) is 22.0 Å². The maximum absolute atomic E-state index is 13.4. The summed E-state index contributed by atoms with van der Waals surface area (Å²) in [5.74, 6) is 2.39. The zero-order valence-corrected chi connectivity index (χ0v) is 39.7. The van der Waals surface area contributed by atoms with Crippen LogP contribution in [-0.2, 0) is 21.8 Å². The molecule has 1 aliphatic carbocycles. The number of nitrogens with one attached hydrogen (secondary N) is 3. The first-order valence-corrected chi connectivity index (χ1v) is 24.1. The molecule has 0 radical (unpaired) electrons. The standard InChI is InChI=1S/C49H53ClN8O8S/c1-7-67(61,62)56-31-12-15-41(37(25-31)38-29-57(6)45(60)43-36(38)17-20-52-43)65-34-10-8-9-33(26-34)64-24-23-63-32-18-21-58(22-19-32)42-16-14-40(54-55-42)44(59)53-46-48(2,3)47(49(46,4)5)66-35-13-11-30(28-51)39(50)27-35/h8-17,20,25-27,29,32,46-47,52,56H,7,18-19,21-24H2,1-6H3,(H,53,59). The molecule has 1 amide bonds. The number of nitriles is 1. The molecule has 0 spiro atoms. The molecule has 0 bridgehead atoms. The average molecular weight is 950 g/mol. The van der Waals surface area contributed by atoms with Crippen molar-refractivity contribution in [1.29, 1.82) is 5.26 Å². The Balaban J connectivity index is 0.816. The molecule has 6 aromatic rings. The summed E-state index contributed by atoms with van der Waals surface area (Å²) in [5.41, 5.74) is 1.64. The Morgan fingerprint density at radius 2 is 1.70 bits per heavy atom. The third-order valence-electron chi connectivity index (χ3n) is 12.6. The second-order valence-electron chi connectivity index (χ2n) is 18.0. The van der Waals surface area contributed by atoms with Gasteiger partial charge in [0.15, 0.2) is 11.5 Å². The third kappa shape index (κ3) is 9.92. The van der Waals surface area contributed by atoms with Gasteiger partial charge in [0, 0.05) is 83.7 Å². The van der Waals surface area contributed by atoms with E-state index in [0.717, 1.165) is 12.8 Å². The fourth-order valence-corrected chi connectivity index (χ4v) is 10.3. The van der Waals surface area contributed by atoms with Crippen molar-refractivity contribution in [2.75, 3.05) is 41.7 Å². The molecule has 1 aliphatic heterocycles. The molecule has 18 heteroatoms. The molecule has 350 valence electrons. The largest absolute Gasteiger partial charge is 0.491 e. The van der Waals surface area contributed by atoms with E-state index in [4.69, 9.17) is 30.5 Å². The van der Waals surface area contributed by atoms with Gasteiger partial charge in [-0.25, -0.2) is 8.42 Å². The van der Waals surface area contributed by atoms with Gasteiger partial charge in [-0.05, 0) is 80.4 Å². The molecule has 3 N–H and O–H groups in total. The third-order valence-corrected chi connectivity index (χ3v) is 14.3. The van der Waals surface area contributed by atoms with Gasteiger partial charge in [-0.2, -0.15) is 5.26 Å². The number of anilines is 2. The van der Waals surface area contributed by atoms with E-state index in [9.17, 15) is 23.3 Å². The lowest BCUT2D eigenvalue weighted by molar-refractivity contribution is -0.164. The highest BCUT2D eigenvalue weighted by atomic mass is 35.5. The zero-order chi connectivity index (χ0) is 47.7. The van der Waals surface area contributed by atoms with Gasteiger partial charge in [-0.1, -0.05) is 45.4 Å². The number of halogens is 1. The number of nitrogens with zero attached hydrogens (tertiary/aromatic N) is 5. The van der Waals surface area contributed by atoms with Gasteiger partial charge in [0.25, 0.3) is 11.5 Å². The number of sulfonamides is 1. The van der Waals surface area contributed by atoms with Gasteiger partial charge in [0.1, 0.15) is 47.3 Å². The first kappa shape index (κ1) is 46.9. The van der Waals surface area contributed by atoms with Crippen LogP contribution in [0, 0.1) is 22.2 Å². The summed E-state index contributed by atoms with van der Waals surface area (Å²) in [6, 6.07) is 24.5. The van der Waals surface area contributed by atoms with Crippen molar-refractivity contribution in [3.05, 3.63) is 118 Å². The number of carbonyl (C=O) groups excluding carboxylic acids is 1. The Morgan fingerprint density at radius 1 is 0.940 bits per heavy atom. The minimum Gasteiger partial charge on any atom is -0.491 e. The van der Waals surface area contributed by atoms with Gasteiger partial charge < -0.3 is 38.7 Å². The molecule has 2 fully saturated rings. The van der Waals surface area contributed by atoms with Crippen molar-refractivity contribution in [1.82, 2.24) is 25.1 Å². The van der Waals surface area contributed by atoms with Crippen molar-refractivity contribution in [3.63, 3.8) is 0 Å². The fraction of sp³-hybridized carbons (Fsp3) is 0.367. The van der Waals surface area contributed by atoms with Crippen LogP contribution in [0.2, 0.25) is 5.02 Å². The number of H-pyrrole nitrogens is 1. The molecule has 67 heavy (non-hydrogen) atoms. The van der Waals surface area contributed by atoms with Crippen molar-refractivity contribution in [2.24, 2.45) is 17.9 Å². The number of aryl methyl sites for hydroxylation is 1. The summed E-state index contributed by atoms with van der Waals surface area (Å²) in [6.45, 7) is 11.9. The predicted octanol–water partition coefficient (Wildman–Crippen LogP) is 8.08. The van der Waals surface area contributed by atoms with E-state index in [-0.39, 0.29) is 41.2 Å². The van der Waals surface area contributed by atoms with E-state index >= 15 is 0 Å². The van der Waals surface area contributed by atoms with Crippen LogP contribution in [-0.4, -0.2) is 84.4 Å². The zero-order valence-electron chi connectivity index (χ0n) is 38.1. The van der Waals surface area contributed by atoms with Crippen LogP contribution >= 0.6 is 11.6 Å². The van der Waals surface area contributed by atoms with E-state index in [1.54, 1.807) is 87.0 Å². The van der Waals surface area contributed by atoms with Crippen molar-refractivity contribution >= 4 is 49.9 Å². The van der Waals surface area contributed by atoms with Crippen LogP contribution < -0.4 is 34.7 Å². The normalized spacial score (nSPS) is 17.9. The molecule has 4 heterocycles. The smallest absolute Gasteiger partial charge is 0.274 e. The van der Waals surface area contributed by atoms with Crippen molar-refractivity contribution in [3.8, 4) is 40.2 Å². The van der Waals surface area contributed by atoms with Crippen LogP contribution in [0.4, 0.5) is 11.5 Å². The molecule has 1 saturated heterocycles. The molecule has 3 aromatic heterocycles. The Hall–Kier alpha value is -6.61. The van der Waals surface area contributed by atoms with Crippen LogP contribution in [0.3, 0.4) is 0 Å². The first-order chi connectivity index (χ1) is 32.0. The number of aromatic nitrogens is 4. The Labute approximate surface area is 394 Å². The minimum absolute atomic E-state index is 0.0376. The molecule has 0 unspecified atom stereocenters. The molecular formula is C49H53ClN8O8S. The lowest BCUT2D eigenvalue weighted by Gasteiger charge is -2.63. The van der Waals surface area contributed by atoms with E-state index < -0.39 is 20.9 Å². The quantitative estimate of drug-likeness (QED) is 0.0789. The number of rotatable bonds is 16. The lowest BCUT2D eigenvalue weighted by Crippen LogP contribution is -2.74. The van der Waals surface area contributed by atoms with Crippen LogP contribution in [0.5, 0.6) is 23.0 Å². The molecule has 0 atom stereocenters. The molecule has 8 rings (SSSR count). The minimum atomic E-state index is -3.55. The topological polar surface area (TPSA) is 203 Å². The highest BCUT2D eigenvalue weighted by Crippen LogP contribution is 2.55. The highest BCUT2D eigenvalue weighted by molar-refractivity contribution is 7.92. The predicted molar refractivity (Wildman–Crippen MR) is 257 cm³/mol. The number of piperidine rings is 1. The number of pyridine rings is 1. The van der Waals surface area contributed by atoms with E-state index in [2.05, 4.69) is 36.2 Å². The number of aromatic amines is 1. The number of hydrogen-bond acceptors (Lipinski definition) is 12. The number of carbonyl (C=O) groups is 1. The van der Waals surface area contributed by atoms with Gasteiger partial charge in [0.05, 0.1) is 29.0 Å². The molecule has 16 nitrogen and oxygen atoms in total. The highest BCUT2D eigenvalue weighted by Gasteiger charge is 2.64. The first-order valence-electron chi connectivity index (χ1n) is 22.1. The Bertz CT molecular complexity index is 3000. The Morgan fingerprint density at radius 3 is 2.40 bits per heavy atom. The summed E-state index contributed by atoms with van der Waals surface area (Å²) < 4.78 is 54.0. The number of hydrogen-bond donors (Lipinski definition) is 3. The monoisotopic (exact) mass is 948 g/mol. The van der Waals surface area contributed by atoms with E-state index in [0.29, 0.717) is 93.4 Å². The average Bonchev–Trinajstić information content (AvgIpc) is 3.81. The Kier molecular flexibility index (Phi) is 13.3. The molecular weight excluding hydrogens is 896 g/mol. The molecule has 2 aliphatic rings. The fourth-order valence-electron chi connectivity index (χ4n) is 9.42. The second kappa shape index (κ2) is 18.9. The summed E-state index contributed by atoms with van der Waals surface area (Å²) in [5, 5.41) is 22.1. The van der Waals surface area contributed by atoms with E-state index in [1.807, 2.05) is 45.9 Å². The second-order valence-corrected chi connectivity index (χ2v) is 20.4. The lowest BCUT2D eigenvalue weighted by atomic mass is 9.49. The maximum atomic E-state index is 13.4. The van der Waals surface area contributed by atoms with E-state index in [1.165, 1.54) is 4.57 Å². The summed E-state index contributed by atoms with van der Waals surface area (Å²) >= 11 is 6.25. The van der Waals surface area contributed by atoms with Gasteiger partial charge in [0.2, 0.25) is 10.0 Å². The maximum Gasteiger partial charge on any atom is 0.274 e. The molecule has 3 aromatic carbocycles. The van der Waals surface area contributed by atoms with Crippen LogP contribution in [0.15, 0.2) is 96.1 Å². The van der Waals surface area contributed by atoms with Crippen molar-refractivity contribution in [2.45, 2.75) is 65.7 Å². The summed E-state index contributed by atoms with van der Waals surface area (Å²) in [4.78, 5) is 31.4. The number of ether oxygens (including phenoxy) is 4. The summed E-state index contributed by atoms with van der Waals surface area (Å²) in [7, 11) is -1.89. The number of benzene rings is 3. The van der Waals surface area contributed by atoms with Gasteiger partial charge in [-0.15, -0.1) is 10.2 Å². The van der Waals surface area contributed by atoms with Gasteiger partial charge >= 0.3 is 0 Å².